The molecule has 0 saturated heterocycles. The van der Waals surface area contributed by atoms with Crippen LogP contribution in [0.3, 0.4) is 0 Å². The van der Waals surface area contributed by atoms with Crippen LogP contribution in [0.5, 0.6) is 0 Å². The number of rotatable bonds is 9. The lowest BCUT2D eigenvalue weighted by Gasteiger charge is -2.32. The summed E-state index contributed by atoms with van der Waals surface area (Å²) in [5.74, 6) is -0.421. The fourth-order valence-electron chi connectivity index (χ4n) is 3.09. The first kappa shape index (κ1) is 23.2. The lowest BCUT2D eigenvalue weighted by atomic mass is 9.82. The van der Waals surface area contributed by atoms with Crippen LogP contribution in [-0.4, -0.2) is 46.3 Å². The molecule has 1 aromatic carbocycles. The average Bonchev–Trinajstić information content (AvgIpc) is 3.15. The molecule has 2 N–H and O–H groups in total. The molecule has 0 radical (unpaired) electrons. The van der Waals surface area contributed by atoms with Gasteiger partial charge in [0, 0.05) is 29.5 Å². The van der Waals surface area contributed by atoms with Gasteiger partial charge < -0.3 is 14.8 Å². The molecule has 1 atom stereocenters. The number of nitrogens with zero attached hydrogens (tertiary/aromatic N) is 2. The molecule has 1 amide bonds. The highest BCUT2D eigenvalue weighted by Crippen LogP contribution is 2.41. The van der Waals surface area contributed by atoms with Crippen LogP contribution in [0.15, 0.2) is 35.3 Å². The number of hydrogen-bond acceptors (Lipinski definition) is 6. The van der Waals surface area contributed by atoms with Crippen molar-refractivity contribution in [3.8, 4) is 0 Å². The van der Waals surface area contributed by atoms with Gasteiger partial charge in [0.1, 0.15) is 6.10 Å². The maximum atomic E-state index is 12.2. The van der Waals surface area contributed by atoms with Crippen molar-refractivity contribution in [1.82, 2.24) is 15.5 Å². The van der Waals surface area contributed by atoms with Crippen molar-refractivity contribution < 1.29 is 32.2 Å². The second-order valence-corrected chi connectivity index (χ2v) is 7.73. The van der Waals surface area contributed by atoms with Gasteiger partial charge in [-0.3, -0.25) is 9.53 Å². The van der Waals surface area contributed by atoms with Crippen LogP contribution in [0.25, 0.3) is 5.57 Å². The van der Waals surface area contributed by atoms with Crippen molar-refractivity contribution >= 4 is 23.1 Å². The van der Waals surface area contributed by atoms with Gasteiger partial charge in [-0.2, -0.15) is 0 Å². The number of ether oxygens (including phenoxy) is 1. The van der Waals surface area contributed by atoms with Crippen LogP contribution in [-0.2, 0) is 16.0 Å². The first-order chi connectivity index (χ1) is 14.6. The fourth-order valence-corrected chi connectivity index (χ4v) is 3.22. The summed E-state index contributed by atoms with van der Waals surface area (Å²) in [5.41, 5.74) is 1.24. The summed E-state index contributed by atoms with van der Waals surface area (Å²) in [7, 11) is 0. The standard InChI is InChI=1S/C20H21ClF3N3O4/c1-11(6-7-25-17(29)16(28)8-12-2-4-14(21)5-3-12)18-26-27-19(30-18)13-9-15(10-13)31-20(22,23)24/h2-5,13,15-16,28H,1,6-10H2,(H,25,29)/t13-,15+,16-/m0/s1. The summed E-state index contributed by atoms with van der Waals surface area (Å²) in [6, 6.07) is 6.81. The number of benzene rings is 1. The van der Waals surface area contributed by atoms with Crippen molar-refractivity contribution in [3.05, 3.63) is 53.2 Å². The Morgan fingerprint density at radius 2 is 2.00 bits per heavy atom. The van der Waals surface area contributed by atoms with Crippen LogP contribution < -0.4 is 5.32 Å². The maximum Gasteiger partial charge on any atom is 0.522 e. The van der Waals surface area contributed by atoms with Gasteiger partial charge in [-0.15, -0.1) is 23.4 Å². The Bertz CT molecular complexity index is 911. The predicted octanol–water partition coefficient (Wildman–Crippen LogP) is 3.63. The lowest BCUT2D eigenvalue weighted by Crippen LogP contribution is -2.36. The number of aliphatic hydroxyl groups is 1. The molecule has 1 aromatic heterocycles. The first-order valence-corrected chi connectivity index (χ1v) is 9.95. The zero-order valence-corrected chi connectivity index (χ0v) is 17.1. The average molecular weight is 460 g/mol. The summed E-state index contributed by atoms with van der Waals surface area (Å²) >= 11 is 5.81. The monoisotopic (exact) mass is 459 g/mol. The molecule has 1 fully saturated rings. The van der Waals surface area contributed by atoms with E-state index in [1.165, 1.54) is 0 Å². The summed E-state index contributed by atoms with van der Waals surface area (Å²) in [4.78, 5) is 12.0. The van der Waals surface area contributed by atoms with E-state index in [0.717, 1.165) is 5.56 Å². The predicted molar refractivity (Wildman–Crippen MR) is 105 cm³/mol. The maximum absolute atomic E-state index is 12.2. The van der Waals surface area contributed by atoms with E-state index in [-0.39, 0.29) is 43.5 Å². The molecule has 1 saturated carbocycles. The molecular formula is C20H21ClF3N3O4. The Morgan fingerprint density at radius 1 is 1.32 bits per heavy atom. The van der Waals surface area contributed by atoms with Crippen LogP contribution in [0.1, 0.15) is 42.5 Å². The van der Waals surface area contributed by atoms with E-state index >= 15 is 0 Å². The normalized spacial score (nSPS) is 19.5. The third kappa shape index (κ3) is 6.78. The smallest absolute Gasteiger partial charge is 0.421 e. The van der Waals surface area contributed by atoms with Crippen molar-refractivity contribution in [1.29, 1.82) is 0 Å². The van der Waals surface area contributed by atoms with E-state index in [1.54, 1.807) is 24.3 Å². The largest absolute Gasteiger partial charge is 0.522 e. The van der Waals surface area contributed by atoms with E-state index in [0.29, 0.717) is 17.0 Å². The number of carbonyl (C=O) groups excluding carboxylic acids is 1. The molecule has 1 aliphatic carbocycles. The van der Waals surface area contributed by atoms with Crippen molar-refractivity contribution in [2.24, 2.45) is 0 Å². The van der Waals surface area contributed by atoms with Crippen LogP contribution in [0.4, 0.5) is 13.2 Å². The molecular weight excluding hydrogens is 439 g/mol. The summed E-state index contributed by atoms with van der Waals surface area (Å²) < 4.78 is 46.0. The molecule has 0 aliphatic heterocycles. The quantitative estimate of drug-likeness (QED) is 0.594. The summed E-state index contributed by atoms with van der Waals surface area (Å²) in [6.07, 6.45) is -6.03. The van der Waals surface area contributed by atoms with Gasteiger partial charge in [-0.05, 0) is 37.0 Å². The van der Waals surface area contributed by atoms with Crippen molar-refractivity contribution in [3.63, 3.8) is 0 Å². The number of carbonyl (C=O) groups is 1. The molecule has 2 aromatic rings. The van der Waals surface area contributed by atoms with Gasteiger partial charge in [0.25, 0.3) is 0 Å². The van der Waals surface area contributed by atoms with Gasteiger partial charge in [0.15, 0.2) is 0 Å². The van der Waals surface area contributed by atoms with Crippen molar-refractivity contribution in [2.45, 2.75) is 50.2 Å². The van der Waals surface area contributed by atoms with Crippen LogP contribution in [0, 0.1) is 0 Å². The minimum Gasteiger partial charge on any atom is -0.421 e. The molecule has 7 nitrogen and oxygen atoms in total. The molecule has 11 heteroatoms. The Hall–Kier alpha value is -2.43. The molecule has 168 valence electrons. The second-order valence-electron chi connectivity index (χ2n) is 7.29. The van der Waals surface area contributed by atoms with Gasteiger partial charge in [-0.25, -0.2) is 0 Å². The third-order valence-corrected chi connectivity index (χ3v) is 5.11. The van der Waals surface area contributed by atoms with Crippen molar-refractivity contribution in [2.75, 3.05) is 6.54 Å². The second kappa shape index (κ2) is 9.80. The zero-order valence-electron chi connectivity index (χ0n) is 16.4. The van der Waals surface area contributed by atoms with Crippen LogP contribution >= 0.6 is 11.6 Å². The molecule has 0 spiro atoms. The molecule has 1 aliphatic rings. The minimum absolute atomic E-state index is 0.148. The molecule has 3 rings (SSSR count). The van der Waals surface area contributed by atoms with Gasteiger partial charge in [0.05, 0.1) is 6.10 Å². The number of amides is 1. The Balaban J connectivity index is 1.39. The highest BCUT2D eigenvalue weighted by molar-refractivity contribution is 6.30. The van der Waals surface area contributed by atoms with E-state index in [9.17, 15) is 23.1 Å². The summed E-state index contributed by atoms with van der Waals surface area (Å²) in [5, 5.41) is 20.9. The number of alkyl halides is 3. The molecule has 31 heavy (non-hydrogen) atoms. The number of halogens is 4. The number of aliphatic hydroxyl groups excluding tert-OH is 1. The number of nitrogens with one attached hydrogen (secondary N) is 1. The van der Waals surface area contributed by atoms with E-state index in [2.05, 4.69) is 26.8 Å². The number of hydrogen-bond donors (Lipinski definition) is 2. The molecule has 0 bridgehead atoms. The Kier molecular flexibility index (Phi) is 7.34. The zero-order chi connectivity index (χ0) is 22.6. The summed E-state index contributed by atoms with van der Waals surface area (Å²) in [6.45, 7) is 4.02. The molecule has 0 unspecified atom stereocenters. The fraction of sp³-hybridized carbons (Fsp3) is 0.450. The third-order valence-electron chi connectivity index (χ3n) is 4.86. The van der Waals surface area contributed by atoms with Gasteiger partial charge >= 0.3 is 6.36 Å². The highest BCUT2D eigenvalue weighted by atomic mass is 35.5. The van der Waals surface area contributed by atoms with E-state index < -0.39 is 24.5 Å². The molecule has 1 heterocycles. The van der Waals surface area contributed by atoms with E-state index in [4.69, 9.17) is 16.0 Å². The van der Waals surface area contributed by atoms with Gasteiger partial charge in [0.2, 0.25) is 17.7 Å². The minimum atomic E-state index is -4.66. The Morgan fingerprint density at radius 3 is 2.65 bits per heavy atom. The topological polar surface area (TPSA) is 97.5 Å². The van der Waals surface area contributed by atoms with E-state index in [1.807, 2.05) is 0 Å². The highest BCUT2D eigenvalue weighted by Gasteiger charge is 2.42. The lowest BCUT2D eigenvalue weighted by molar-refractivity contribution is -0.352. The first-order valence-electron chi connectivity index (χ1n) is 9.57. The van der Waals surface area contributed by atoms with Gasteiger partial charge in [-0.1, -0.05) is 30.3 Å². The van der Waals surface area contributed by atoms with Crippen LogP contribution in [0.2, 0.25) is 5.02 Å². The SMILES string of the molecule is C=C(CCNC(=O)[C@@H](O)Cc1ccc(Cl)cc1)c1nnc([C@H]2C[C@@H](OC(F)(F)F)C2)o1. The Labute approximate surface area is 181 Å². The number of aromatic nitrogens is 2.